The van der Waals surface area contributed by atoms with E-state index in [0.717, 1.165) is 19.2 Å². The second kappa shape index (κ2) is 8.08. The number of rotatable bonds is 2. The van der Waals surface area contributed by atoms with E-state index in [9.17, 15) is 0 Å². The van der Waals surface area contributed by atoms with E-state index >= 15 is 0 Å². The van der Waals surface area contributed by atoms with Crippen LogP contribution in [0.2, 0.25) is 0 Å². The Balaban J connectivity index is 0.000000606. The van der Waals surface area contributed by atoms with Crippen molar-refractivity contribution in [1.82, 2.24) is 0 Å². The van der Waals surface area contributed by atoms with Crippen LogP contribution in [-0.4, -0.2) is 31.3 Å². The number of hydrogen-bond acceptors (Lipinski definition) is 1. The first-order chi connectivity index (χ1) is 7.88. The topological polar surface area (TPSA) is 24.7 Å². The minimum atomic E-state index is 1.00. The summed E-state index contributed by atoms with van der Waals surface area (Å²) in [5.74, 6) is 0. The van der Waals surface area contributed by atoms with Crippen molar-refractivity contribution < 1.29 is 10.0 Å². The van der Waals surface area contributed by atoms with Gasteiger partial charge in [0.2, 0.25) is 0 Å². The van der Waals surface area contributed by atoms with Crippen LogP contribution in [0.15, 0.2) is 0 Å². The summed E-state index contributed by atoms with van der Waals surface area (Å²) in [7, 11) is 3.46. The summed E-state index contributed by atoms with van der Waals surface area (Å²) in [6, 6.07) is 2.01. The number of nitrogens with one attached hydrogen (secondary N) is 1. The third-order valence-electron chi connectivity index (χ3n) is 4.50. The van der Waals surface area contributed by atoms with Crippen LogP contribution in [0.4, 0.5) is 0 Å². The Morgan fingerprint density at radius 2 is 1.00 bits per heavy atom. The van der Waals surface area contributed by atoms with Gasteiger partial charge in [-0.2, -0.15) is 0 Å². The molecule has 0 unspecified atom stereocenters. The van der Waals surface area contributed by atoms with Crippen LogP contribution in [0.1, 0.15) is 64.2 Å². The Hall–Kier alpha value is -0.0800. The maximum absolute atomic E-state index is 7.00. The highest BCUT2D eigenvalue weighted by atomic mass is 16.2. The first kappa shape index (κ1) is 14.0. The zero-order chi connectivity index (χ0) is 11.8. The summed E-state index contributed by atoms with van der Waals surface area (Å²) in [6.07, 6.45) is 15.0. The second-order valence-electron chi connectivity index (χ2n) is 5.41. The highest BCUT2D eigenvalue weighted by Gasteiger charge is 2.28. The Labute approximate surface area is 101 Å². The van der Waals surface area contributed by atoms with Crippen molar-refractivity contribution in [2.45, 2.75) is 76.3 Å². The van der Waals surface area contributed by atoms with Gasteiger partial charge in [0.05, 0.1) is 19.1 Å². The molecule has 0 spiro atoms. The number of quaternary nitrogens is 1. The Kier molecular flexibility index (Phi) is 7.06. The molecule has 2 nitrogen and oxygen atoms in total. The van der Waals surface area contributed by atoms with Gasteiger partial charge in [-0.15, -0.1) is 0 Å². The van der Waals surface area contributed by atoms with Gasteiger partial charge in [0.15, 0.2) is 0 Å². The van der Waals surface area contributed by atoms with Crippen LogP contribution in [0.25, 0.3) is 0 Å². The standard InChI is InChI=1S/C13H25N.CH4O/c1-14(12-8-4-2-5-9-12)13-10-6-3-7-11-13;1-2/h12-13H,2-11H2,1H3;2H,1H3/p+1. The lowest BCUT2D eigenvalue weighted by molar-refractivity contribution is -0.933. The second-order valence-corrected chi connectivity index (χ2v) is 5.41. The minimum absolute atomic E-state index is 1.00. The molecule has 2 fully saturated rings. The van der Waals surface area contributed by atoms with Gasteiger partial charge >= 0.3 is 0 Å². The first-order valence-corrected chi connectivity index (χ1v) is 7.16. The highest BCUT2D eigenvalue weighted by Crippen LogP contribution is 2.19. The van der Waals surface area contributed by atoms with Crippen molar-refractivity contribution >= 4 is 0 Å². The van der Waals surface area contributed by atoms with E-state index in [1.807, 2.05) is 4.90 Å². The molecule has 0 radical (unpaired) electrons. The lowest BCUT2D eigenvalue weighted by Crippen LogP contribution is -3.16. The molecule has 2 aliphatic rings. The summed E-state index contributed by atoms with van der Waals surface area (Å²) in [6.45, 7) is 0. The van der Waals surface area contributed by atoms with Crippen LogP contribution in [0.3, 0.4) is 0 Å². The number of aliphatic hydroxyl groups is 1. The van der Waals surface area contributed by atoms with E-state index in [4.69, 9.17) is 5.11 Å². The molecule has 2 rings (SSSR count). The lowest BCUT2D eigenvalue weighted by Gasteiger charge is -2.36. The monoisotopic (exact) mass is 228 g/mol. The smallest absolute Gasteiger partial charge is 0.0874 e. The molecule has 0 aromatic rings. The van der Waals surface area contributed by atoms with Crippen LogP contribution in [-0.2, 0) is 0 Å². The van der Waals surface area contributed by atoms with Crippen molar-refractivity contribution in [3.8, 4) is 0 Å². The largest absolute Gasteiger partial charge is 0.400 e. The van der Waals surface area contributed by atoms with Crippen LogP contribution in [0, 0.1) is 0 Å². The van der Waals surface area contributed by atoms with Gasteiger partial charge in [0, 0.05) is 7.11 Å². The van der Waals surface area contributed by atoms with Crippen LogP contribution >= 0.6 is 0 Å². The summed E-state index contributed by atoms with van der Waals surface area (Å²) in [5, 5.41) is 7.00. The fourth-order valence-corrected chi connectivity index (χ4v) is 3.45. The van der Waals surface area contributed by atoms with Crippen molar-refractivity contribution in [1.29, 1.82) is 0 Å². The molecule has 2 heteroatoms. The van der Waals surface area contributed by atoms with Gasteiger partial charge in [0.25, 0.3) is 0 Å². The Morgan fingerprint density at radius 1 is 0.688 bits per heavy atom. The molecular formula is C14H30NO+. The summed E-state index contributed by atoms with van der Waals surface area (Å²) in [4.78, 5) is 1.88. The molecule has 0 saturated heterocycles. The molecule has 0 amide bonds. The molecule has 0 heterocycles. The predicted molar refractivity (Wildman–Crippen MR) is 68.8 cm³/mol. The normalized spacial score (nSPS) is 24.0. The fourth-order valence-electron chi connectivity index (χ4n) is 3.45. The van der Waals surface area contributed by atoms with E-state index in [-0.39, 0.29) is 0 Å². The Bertz CT molecular complexity index is 142. The fraction of sp³-hybridized carbons (Fsp3) is 1.00. The summed E-state index contributed by atoms with van der Waals surface area (Å²) in [5.41, 5.74) is 0. The van der Waals surface area contributed by atoms with E-state index in [1.165, 1.54) is 64.2 Å². The number of aliphatic hydroxyl groups excluding tert-OH is 1. The van der Waals surface area contributed by atoms with Crippen molar-refractivity contribution in [3.05, 3.63) is 0 Å². The maximum atomic E-state index is 7.00. The molecule has 2 saturated carbocycles. The number of hydrogen-bond donors (Lipinski definition) is 2. The van der Waals surface area contributed by atoms with Gasteiger partial charge in [-0.1, -0.05) is 12.8 Å². The van der Waals surface area contributed by atoms with E-state index < -0.39 is 0 Å². The maximum Gasteiger partial charge on any atom is 0.0874 e. The average Bonchev–Trinajstić information content (AvgIpc) is 2.42. The summed E-state index contributed by atoms with van der Waals surface area (Å²) >= 11 is 0. The molecule has 0 aromatic heterocycles. The molecule has 0 aliphatic heterocycles. The molecule has 0 bridgehead atoms. The molecular weight excluding hydrogens is 198 g/mol. The summed E-state index contributed by atoms with van der Waals surface area (Å²) < 4.78 is 0. The molecule has 0 aromatic carbocycles. The quantitative estimate of drug-likeness (QED) is 0.740. The predicted octanol–water partition coefficient (Wildman–Crippen LogP) is 1.77. The van der Waals surface area contributed by atoms with Crippen molar-refractivity contribution in [3.63, 3.8) is 0 Å². The third-order valence-corrected chi connectivity index (χ3v) is 4.50. The van der Waals surface area contributed by atoms with Gasteiger partial charge in [-0.25, -0.2) is 0 Å². The van der Waals surface area contributed by atoms with E-state index in [0.29, 0.717) is 0 Å². The van der Waals surface area contributed by atoms with Crippen molar-refractivity contribution in [2.75, 3.05) is 14.2 Å². The molecule has 0 atom stereocenters. The highest BCUT2D eigenvalue weighted by molar-refractivity contribution is 4.68. The molecule has 2 aliphatic carbocycles. The van der Waals surface area contributed by atoms with E-state index in [2.05, 4.69) is 7.05 Å². The molecule has 2 N–H and O–H groups in total. The minimum Gasteiger partial charge on any atom is -0.400 e. The third kappa shape index (κ3) is 4.06. The van der Waals surface area contributed by atoms with Gasteiger partial charge in [0.1, 0.15) is 0 Å². The van der Waals surface area contributed by atoms with Crippen LogP contribution < -0.4 is 4.90 Å². The first-order valence-electron chi connectivity index (χ1n) is 7.16. The molecule has 96 valence electrons. The molecule has 16 heavy (non-hydrogen) atoms. The van der Waals surface area contributed by atoms with E-state index in [1.54, 1.807) is 0 Å². The van der Waals surface area contributed by atoms with Crippen LogP contribution in [0.5, 0.6) is 0 Å². The average molecular weight is 228 g/mol. The lowest BCUT2D eigenvalue weighted by atomic mass is 9.89. The Morgan fingerprint density at radius 3 is 1.31 bits per heavy atom. The zero-order valence-corrected chi connectivity index (χ0v) is 11.2. The zero-order valence-electron chi connectivity index (χ0n) is 11.2. The SMILES string of the molecule is CO.C[NH+](C1CCCCC1)C1CCCCC1. The van der Waals surface area contributed by atoms with Gasteiger partial charge < -0.3 is 10.0 Å². The van der Waals surface area contributed by atoms with Crippen molar-refractivity contribution in [2.24, 2.45) is 0 Å². The van der Waals surface area contributed by atoms with Gasteiger partial charge in [-0.3, -0.25) is 0 Å². The van der Waals surface area contributed by atoms with Gasteiger partial charge in [-0.05, 0) is 51.4 Å².